The van der Waals surface area contributed by atoms with E-state index >= 15 is 0 Å². The lowest BCUT2D eigenvalue weighted by Crippen LogP contribution is -2.63. The largest absolute Gasteiger partial charge is 0.380 e. The quantitative estimate of drug-likeness (QED) is 0.804. The topological polar surface area (TPSA) is 70.7 Å². The van der Waals surface area contributed by atoms with Crippen molar-refractivity contribution >= 4 is 11.8 Å². The van der Waals surface area contributed by atoms with Crippen molar-refractivity contribution in [2.45, 2.75) is 18.5 Å². The average molecular weight is 303 g/mol. The van der Waals surface area contributed by atoms with Gasteiger partial charge in [-0.25, -0.2) is 0 Å². The molecule has 0 aromatic heterocycles. The van der Waals surface area contributed by atoms with Gasteiger partial charge in [0.25, 0.3) is 5.91 Å². The van der Waals surface area contributed by atoms with Crippen LogP contribution in [0.1, 0.15) is 16.8 Å². The molecule has 0 saturated carbocycles. The molecule has 1 unspecified atom stereocenters. The van der Waals surface area contributed by atoms with E-state index in [0.29, 0.717) is 30.7 Å². The first kappa shape index (κ1) is 15.0. The van der Waals surface area contributed by atoms with E-state index in [1.807, 2.05) is 6.07 Å². The molecule has 1 aromatic rings. The van der Waals surface area contributed by atoms with Crippen molar-refractivity contribution < 1.29 is 14.3 Å². The molecule has 0 radical (unpaired) electrons. The van der Waals surface area contributed by atoms with Crippen LogP contribution < -0.4 is 10.6 Å². The molecule has 0 bridgehead atoms. The lowest BCUT2D eigenvalue weighted by Gasteiger charge is -2.41. The monoisotopic (exact) mass is 303 g/mol. The second kappa shape index (κ2) is 6.89. The van der Waals surface area contributed by atoms with E-state index in [1.54, 1.807) is 29.2 Å². The standard InChI is InChI=1S/C16H21N3O3/c20-15(8-17-16(21)12-4-2-1-3-5-12)19-9-14(10-19)18-13-6-7-22-11-13/h1-5,13-14,18H,6-11H2,(H,17,21). The average Bonchev–Trinajstić information content (AvgIpc) is 3.01. The summed E-state index contributed by atoms with van der Waals surface area (Å²) in [6.45, 7) is 3.04. The molecule has 22 heavy (non-hydrogen) atoms. The molecule has 6 heteroatoms. The summed E-state index contributed by atoms with van der Waals surface area (Å²) in [5.74, 6) is -0.253. The Kier molecular flexibility index (Phi) is 4.70. The molecule has 2 N–H and O–H groups in total. The highest BCUT2D eigenvalue weighted by atomic mass is 16.5. The molecular weight excluding hydrogens is 282 g/mol. The molecule has 2 heterocycles. The van der Waals surface area contributed by atoms with E-state index in [2.05, 4.69) is 10.6 Å². The van der Waals surface area contributed by atoms with Crippen LogP contribution in [-0.2, 0) is 9.53 Å². The smallest absolute Gasteiger partial charge is 0.251 e. The molecule has 1 aromatic carbocycles. The molecule has 0 spiro atoms. The van der Waals surface area contributed by atoms with Crippen LogP contribution in [0, 0.1) is 0 Å². The van der Waals surface area contributed by atoms with E-state index in [9.17, 15) is 9.59 Å². The molecule has 2 aliphatic heterocycles. The summed E-state index contributed by atoms with van der Waals surface area (Å²) in [4.78, 5) is 25.6. The summed E-state index contributed by atoms with van der Waals surface area (Å²) in [5, 5.41) is 6.15. The van der Waals surface area contributed by atoms with E-state index in [4.69, 9.17) is 4.74 Å². The fourth-order valence-corrected chi connectivity index (χ4v) is 2.75. The van der Waals surface area contributed by atoms with Crippen molar-refractivity contribution in [2.24, 2.45) is 0 Å². The highest BCUT2D eigenvalue weighted by molar-refractivity contribution is 5.96. The number of hydrogen-bond acceptors (Lipinski definition) is 4. The van der Waals surface area contributed by atoms with Gasteiger partial charge in [0.05, 0.1) is 13.2 Å². The molecule has 2 aliphatic rings. The third-order valence-corrected chi connectivity index (χ3v) is 4.07. The van der Waals surface area contributed by atoms with Crippen molar-refractivity contribution in [1.29, 1.82) is 0 Å². The summed E-state index contributed by atoms with van der Waals surface area (Å²) >= 11 is 0. The minimum absolute atomic E-state index is 0.0370. The minimum Gasteiger partial charge on any atom is -0.380 e. The highest BCUT2D eigenvalue weighted by Crippen LogP contribution is 2.12. The maximum Gasteiger partial charge on any atom is 0.251 e. The summed E-state index contributed by atoms with van der Waals surface area (Å²) in [6.07, 6.45) is 1.04. The van der Waals surface area contributed by atoms with Gasteiger partial charge in [-0.05, 0) is 18.6 Å². The van der Waals surface area contributed by atoms with Crippen LogP contribution in [-0.4, -0.2) is 61.6 Å². The first-order valence-electron chi connectivity index (χ1n) is 7.67. The first-order chi connectivity index (χ1) is 10.7. The highest BCUT2D eigenvalue weighted by Gasteiger charge is 2.32. The van der Waals surface area contributed by atoms with Crippen LogP contribution in [0.4, 0.5) is 0 Å². The van der Waals surface area contributed by atoms with Crippen LogP contribution in [0.3, 0.4) is 0 Å². The number of carbonyl (C=O) groups excluding carboxylic acids is 2. The number of likely N-dealkylation sites (tertiary alicyclic amines) is 1. The lowest BCUT2D eigenvalue weighted by molar-refractivity contribution is -0.135. The molecule has 1 atom stereocenters. The zero-order valence-electron chi connectivity index (χ0n) is 12.5. The van der Waals surface area contributed by atoms with Crippen molar-refractivity contribution in [3.8, 4) is 0 Å². The zero-order chi connectivity index (χ0) is 15.4. The molecule has 6 nitrogen and oxygen atoms in total. The van der Waals surface area contributed by atoms with Gasteiger partial charge in [-0.1, -0.05) is 18.2 Å². The number of rotatable bonds is 5. The second-order valence-corrected chi connectivity index (χ2v) is 5.77. The fourth-order valence-electron chi connectivity index (χ4n) is 2.75. The number of carbonyl (C=O) groups is 2. The first-order valence-corrected chi connectivity index (χ1v) is 7.67. The van der Waals surface area contributed by atoms with E-state index in [-0.39, 0.29) is 18.4 Å². The number of nitrogens with zero attached hydrogens (tertiary/aromatic N) is 1. The molecule has 118 valence electrons. The van der Waals surface area contributed by atoms with Crippen LogP contribution in [0.5, 0.6) is 0 Å². The van der Waals surface area contributed by atoms with Gasteiger partial charge in [0.15, 0.2) is 0 Å². The fraction of sp³-hybridized carbons (Fsp3) is 0.500. The van der Waals surface area contributed by atoms with Crippen LogP contribution in [0.25, 0.3) is 0 Å². The van der Waals surface area contributed by atoms with Crippen molar-refractivity contribution in [2.75, 3.05) is 32.8 Å². The Morgan fingerprint density at radius 1 is 1.18 bits per heavy atom. The Balaban J connectivity index is 1.36. The number of amides is 2. The summed E-state index contributed by atoms with van der Waals surface area (Å²) < 4.78 is 5.32. The molecular formula is C16H21N3O3. The van der Waals surface area contributed by atoms with Gasteiger partial charge in [0, 0.05) is 37.3 Å². The summed E-state index contributed by atoms with van der Waals surface area (Å²) in [6, 6.07) is 9.68. The second-order valence-electron chi connectivity index (χ2n) is 5.77. The van der Waals surface area contributed by atoms with Gasteiger partial charge < -0.3 is 20.3 Å². The van der Waals surface area contributed by atoms with E-state index in [0.717, 1.165) is 19.6 Å². The van der Waals surface area contributed by atoms with E-state index in [1.165, 1.54) is 0 Å². The Morgan fingerprint density at radius 2 is 1.95 bits per heavy atom. The van der Waals surface area contributed by atoms with Gasteiger partial charge in [-0.3, -0.25) is 9.59 Å². The number of ether oxygens (including phenoxy) is 1. The maximum absolute atomic E-state index is 12.0. The third kappa shape index (κ3) is 3.64. The number of hydrogen-bond donors (Lipinski definition) is 2. The zero-order valence-corrected chi connectivity index (χ0v) is 12.5. The van der Waals surface area contributed by atoms with Crippen molar-refractivity contribution in [3.05, 3.63) is 35.9 Å². The Morgan fingerprint density at radius 3 is 2.64 bits per heavy atom. The van der Waals surface area contributed by atoms with Gasteiger partial charge >= 0.3 is 0 Å². The van der Waals surface area contributed by atoms with E-state index < -0.39 is 0 Å². The lowest BCUT2D eigenvalue weighted by atomic mass is 10.1. The number of benzene rings is 1. The normalized spacial score (nSPS) is 21.5. The van der Waals surface area contributed by atoms with Crippen LogP contribution >= 0.6 is 0 Å². The van der Waals surface area contributed by atoms with Crippen LogP contribution in [0.15, 0.2) is 30.3 Å². The summed E-state index contributed by atoms with van der Waals surface area (Å²) in [5.41, 5.74) is 0.569. The molecule has 2 fully saturated rings. The molecule has 0 aliphatic carbocycles. The van der Waals surface area contributed by atoms with Gasteiger partial charge in [-0.15, -0.1) is 0 Å². The predicted molar refractivity (Wildman–Crippen MR) is 81.5 cm³/mol. The van der Waals surface area contributed by atoms with Crippen LogP contribution in [0.2, 0.25) is 0 Å². The molecule has 2 amide bonds. The molecule has 3 rings (SSSR count). The maximum atomic E-state index is 12.0. The van der Waals surface area contributed by atoms with Gasteiger partial charge in [-0.2, -0.15) is 0 Å². The summed E-state index contributed by atoms with van der Waals surface area (Å²) in [7, 11) is 0. The van der Waals surface area contributed by atoms with Gasteiger partial charge in [0.1, 0.15) is 0 Å². The number of nitrogens with one attached hydrogen (secondary N) is 2. The Hall–Kier alpha value is -1.92. The SMILES string of the molecule is O=C(NCC(=O)N1CC(NC2CCOC2)C1)c1ccccc1. The third-order valence-electron chi connectivity index (χ3n) is 4.07. The minimum atomic E-state index is -0.216. The predicted octanol–water partition coefficient (Wildman–Crippen LogP) is 0.00570. The Labute approximate surface area is 129 Å². The Bertz CT molecular complexity index is 523. The van der Waals surface area contributed by atoms with Crippen molar-refractivity contribution in [1.82, 2.24) is 15.5 Å². The van der Waals surface area contributed by atoms with Gasteiger partial charge in [0.2, 0.25) is 5.91 Å². The molecule has 2 saturated heterocycles. The van der Waals surface area contributed by atoms with Crippen molar-refractivity contribution in [3.63, 3.8) is 0 Å².